The first kappa shape index (κ1) is 29.3. The summed E-state index contributed by atoms with van der Waals surface area (Å²) in [6, 6.07) is 13.5. The smallest absolute Gasteiger partial charge is 0.335 e. The van der Waals surface area contributed by atoms with E-state index in [4.69, 9.17) is 4.74 Å². The van der Waals surface area contributed by atoms with Crippen molar-refractivity contribution in [1.29, 1.82) is 0 Å². The second kappa shape index (κ2) is 11.4. The topological polar surface area (TPSA) is 77.2 Å². The Morgan fingerprint density at radius 3 is 2.39 bits per heavy atom. The molecule has 0 radical (unpaired) electrons. The maximum atomic E-state index is 15.5. The highest BCUT2D eigenvalue weighted by Gasteiger charge is 2.41. The summed E-state index contributed by atoms with van der Waals surface area (Å²) in [5.74, 6) is -3.87. The van der Waals surface area contributed by atoms with Crippen LogP contribution in [-0.2, 0) is 19.6 Å². The number of carboxylic acid groups (broad SMARTS) is 1. The van der Waals surface area contributed by atoms with Crippen LogP contribution in [0.1, 0.15) is 59.1 Å². The number of imidazole rings is 1. The maximum Gasteiger partial charge on any atom is 0.335 e. The van der Waals surface area contributed by atoms with Crippen molar-refractivity contribution in [3.05, 3.63) is 112 Å². The third-order valence-electron chi connectivity index (χ3n) is 8.42. The first-order chi connectivity index (χ1) is 21.1. The van der Waals surface area contributed by atoms with Crippen LogP contribution in [0, 0.1) is 35.6 Å². The molecule has 0 atom stereocenters. The number of aromatic nitrogens is 3. The highest BCUT2D eigenvalue weighted by atomic mass is 19.1. The average molecular weight is 604 g/mol. The van der Waals surface area contributed by atoms with E-state index in [1.807, 2.05) is 4.57 Å². The number of pyridine rings is 1. The first-order valence-electron chi connectivity index (χ1n) is 14.3. The summed E-state index contributed by atoms with van der Waals surface area (Å²) < 4.78 is 67.1. The summed E-state index contributed by atoms with van der Waals surface area (Å²) in [6.45, 7) is 4.13. The molecule has 0 amide bonds. The van der Waals surface area contributed by atoms with Gasteiger partial charge in [-0.2, -0.15) is 0 Å². The third kappa shape index (κ3) is 5.76. The van der Waals surface area contributed by atoms with Gasteiger partial charge in [-0.05, 0) is 91.3 Å². The van der Waals surface area contributed by atoms with Gasteiger partial charge >= 0.3 is 5.97 Å². The Hall–Kier alpha value is -4.73. The molecule has 1 N–H and O–H groups in total. The van der Waals surface area contributed by atoms with Crippen molar-refractivity contribution in [2.75, 3.05) is 0 Å². The van der Waals surface area contributed by atoms with Gasteiger partial charge < -0.3 is 14.4 Å². The molecule has 0 unspecified atom stereocenters. The van der Waals surface area contributed by atoms with Crippen LogP contribution in [0.3, 0.4) is 0 Å². The first-order valence-corrected chi connectivity index (χ1v) is 14.3. The summed E-state index contributed by atoms with van der Waals surface area (Å²) >= 11 is 0. The Kier molecular flexibility index (Phi) is 7.61. The molecular formula is C34H29F4N3O3. The van der Waals surface area contributed by atoms with Gasteiger partial charge in [-0.1, -0.05) is 19.1 Å². The van der Waals surface area contributed by atoms with Gasteiger partial charge in [0.25, 0.3) is 5.88 Å². The van der Waals surface area contributed by atoms with Gasteiger partial charge in [0.05, 0.1) is 22.3 Å². The molecule has 44 heavy (non-hydrogen) atoms. The molecule has 5 aromatic rings. The van der Waals surface area contributed by atoms with Crippen molar-refractivity contribution in [3.8, 4) is 17.1 Å². The number of ether oxygens (including phenoxy) is 1. The number of aromatic carboxylic acids is 1. The van der Waals surface area contributed by atoms with Crippen LogP contribution in [0.5, 0.6) is 5.88 Å². The predicted molar refractivity (Wildman–Crippen MR) is 156 cm³/mol. The monoisotopic (exact) mass is 603 g/mol. The number of hydrogen-bond donors (Lipinski definition) is 1. The number of carboxylic acids is 1. The number of carbonyl (C=O) groups is 1. The molecule has 6 rings (SSSR count). The number of halogens is 4. The highest BCUT2D eigenvalue weighted by Crippen LogP contribution is 2.50. The second-order valence-corrected chi connectivity index (χ2v) is 11.4. The van der Waals surface area contributed by atoms with E-state index in [0.717, 1.165) is 43.0 Å². The largest absolute Gasteiger partial charge is 0.478 e. The standard InChI is InChI=1S/C34H29F4N3O3/c1-3-34(10-11-34)18-41-30-14-20(33(42)43)6-8-29(30)39-31(41)15-22-13-27(38)23(16-26(22)37)28-9-7-24(35)32(40-28)44-17-21-5-4-19(2)12-25(21)36/h4-9,12-14,16H,3,10-11,15,17-18H2,1-2H3,(H,42,43). The van der Waals surface area contributed by atoms with Crippen molar-refractivity contribution < 1.29 is 32.2 Å². The van der Waals surface area contributed by atoms with Crippen LogP contribution >= 0.6 is 0 Å². The van der Waals surface area contributed by atoms with E-state index in [0.29, 0.717) is 23.4 Å². The molecule has 2 heterocycles. The summed E-state index contributed by atoms with van der Waals surface area (Å²) in [6.07, 6.45) is 2.94. The minimum absolute atomic E-state index is 0.0345. The lowest BCUT2D eigenvalue weighted by Crippen LogP contribution is -2.14. The SMILES string of the molecule is CCC1(Cn2c(Cc3cc(F)c(-c4ccc(F)c(OCc5ccc(C)cc5F)n4)cc3F)nc3ccc(C(=O)O)cc32)CC1. The van der Waals surface area contributed by atoms with Gasteiger partial charge in [0.2, 0.25) is 0 Å². The summed E-state index contributed by atoms with van der Waals surface area (Å²) in [7, 11) is 0. The van der Waals surface area contributed by atoms with Gasteiger partial charge in [-0.25, -0.2) is 32.3 Å². The van der Waals surface area contributed by atoms with Gasteiger partial charge in [-0.3, -0.25) is 0 Å². The van der Waals surface area contributed by atoms with Crippen LogP contribution in [-0.4, -0.2) is 25.6 Å². The molecular weight excluding hydrogens is 574 g/mol. The Labute approximate surface area is 251 Å². The fourth-order valence-corrected chi connectivity index (χ4v) is 5.43. The van der Waals surface area contributed by atoms with Crippen LogP contribution in [0.15, 0.2) is 60.7 Å². The number of benzene rings is 3. The summed E-state index contributed by atoms with van der Waals surface area (Å²) in [5.41, 5.74) is 2.10. The van der Waals surface area contributed by atoms with Crippen molar-refractivity contribution in [2.45, 2.75) is 52.7 Å². The second-order valence-electron chi connectivity index (χ2n) is 11.4. The number of aryl methyl sites for hydroxylation is 1. The summed E-state index contributed by atoms with van der Waals surface area (Å²) in [5, 5.41) is 9.52. The molecule has 0 saturated heterocycles. The number of nitrogens with zero attached hydrogens (tertiary/aromatic N) is 3. The molecule has 6 nitrogen and oxygen atoms in total. The predicted octanol–water partition coefficient (Wildman–Crippen LogP) is 8.02. The van der Waals surface area contributed by atoms with Crippen LogP contribution in [0.4, 0.5) is 17.6 Å². The Morgan fingerprint density at radius 2 is 1.68 bits per heavy atom. The number of rotatable bonds is 10. The summed E-state index contributed by atoms with van der Waals surface area (Å²) in [4.78, 5) is 20.4. The minimum atomic E-state index is -1.06. The van der Waals surface area contributed by atoms with E-state index >= 15 is 8.78 Å². The van der Waals surface area contributed by atoms with Crippen molar-refractivity contribution in [1.82, 2.24) is 14.5 Å². The lowest BCUT2D eigenvalue weighted by molar-refractivity contribution is 0.0697. The van der Waals surface area contributed by atoms with E-state index in [1.54, 1.807) is 25.1 Å². The van der Waals surface area contributed by atoms with Gasteiger partial charge in [0.15, 0.2) is 5.82 Å². The van der Waals surface area contributed by atoms with Gasteiger partial charge in [-0.15, -0.1) is 0 Å². The van der Waals surface area contributed by atoms with Crippen molar-refractivity contribution >= 4 is 17.0 Å². The minimum Gasteiger partial charge on any atom is -0.478 e. The molecule has 1 saturated carbocycles. The van der Waals surface area contributed by atoms with Crippen LogP contribution < -0.4 is 4.74 Å². The average Bonchev–Trinajstić information content (AvgIpc) is 3.70. The van der Waals surface area contributed by atoms with E-state index in [1.165, 1.54) is 24.3 Å². The fraction of sp³-hybridized carbons (Fsp3) is 0.265. The molecule has 226 valence electrons. The van der Waals surface area contributed by atoms with Crippen LogP contribution in [0.2, 0.25) is 0 Å². The quantitative estimate of drug-likeness (QED) is 0.164. The number of hydrogen-bond acceptors (Lipinski definition) is 4. The van der Waals surface area contributed by atoms with Gasteiger partial charge in [0.1, 0.15) is 29.9 Å². The Balaban J connectivity index is 1.30. The van der Waals surface area contributed by atoms with Gasteiger partial charge in [0, 0.05) is 24.1 Å². The fourth-order valence-electron chi connectivity index (χ4n) is 5.43. The third-order valence-corrected chi connectivity index (χ3v) is 8.42. The Morgan fingerprint density at radius 1 is 0.909 bits per heavy atom. The van der Waals surface area contributed by atoms with E-state index in [2.05, 4.69) is 16.9 Å². The zero-order chi connectivity index (χ0) is 31.2. The molecule has 0 spiro atoms. The lowest BCUT2D eigenvalue weighted by Gasteiger charge is -2.17. The zero-order valence-corrected chi connectivity index (χ0v) is 24.1. The van der Waals surface area contributed by atoms with Crippen LogP contribution in [0.25, 0.3) is 22.3 Å². The molecule has 2 aromatic heterocycles. The highest BCUT2D eigenvalue weighted by molar-refractivity contribution is 5.92. The molecule has 1 fully saturated rings. The maximum absolute atomic E-state index is 15.5. The molecule has 1 aliphatic rings. The molecule has 0 bridgehead atoms. The van der Waals surface area contributed by atoms with E-state index < -0.39 is 35.1 Å². The van der Waals surface area contributed by atoms with Crippen molar-refractivity contribution in [3.63, 3.8) is 0 Å². The lowest BCUT2D eigenvalue weighted by atomic mass is 10.0. The molecule has 1 aliphatic carbocycles. The molecule has 3 aromatic carbocycles. The normalized spacial score (nSPS) is 13.8. The van der Waals surface area contributed by atoms with Crippen molar-refractivity contribution in [2.24, 2.45) is 5.41 Å². The molecule has 0 aliphatic heterocycles. The van der Waals surface area contributed by atoms with E-state index in [-0.39, 0.29) is 46.4 Å². The Bertz CT molecular complexity index is 1920. The molecule has 10 heteroatoms. The number of fused-ring (bicyclic) bond motifs is 1. The zero-order valence-electron chi connectivity index (χ0n) is 24.1. The van der Waals surface area contributed by atoms with E-state index in [9.17, 15) is 18.7 Å².